The highest BCUT2D eigenvalue weighted by molar-refractivity contribution is 8.29. The first-order valence-corrected chi connectivity index (χ1v) is 7.79. The Labute approximate surface area is 55.5 Å². The van der Waals surface area contributed by atoms with Crippen LogP contribution in [-0.2, 0) is 0 Å². The Bertz CT molecular complexity index is 46.5. The molecular formula is C6H16P2. The molecule has 2 heteroatoms. The quantitative estimate of drug-likeness (QED) is 0.542. The van der Waals surface area contributed by atoms with Crippen molar-refractivity contribution in [2.45, 2.75) is 13.8 Å². The zero-order valence-electron chi connectivity index (χ0n) is 6.31. The Morgan fingerprint density at radius 3 is 1.25 bits per heavy atom. The number of hydrogen-bond donors (Lipinski definition) is 0. The van der Waals surface area contributed by atoms with E-state index in [9.17, 15) is 0 Å². The second kappa shape index (κ2) is 4.71. The molecule has 0 aromatic rings. The van der Waals surface area contributed by atoms with E-state index in [0.717, 1.165) is 0 Å². The normalized spacial score (nSPS) is 18.0. The predicted molar refractivity (Wildman–Crippen MR) is 46.8 cm³/mol. The number of rotatable bonds is 3. The van der Waals surface area contributed by atoms with Crippen molar-refractivity contribution in [2.24, 2.45) is 0 Å². The van der Waals surface area contributed by atoms with Crippen LogP contribution in [0.2, 0.25) is 0 Å². The Kier molecular flexibility index (Phi) is 5.22. The molecule has 0 amide bonds. The van der Waals surface area contributed by atoms with Crippen LogP contribution >= 0.6 is 15.2 Å². The highest BCUT2D eigenvalue weighted by atomic mass is 32.1. The molecule has 0 bridgehead atoms. The van der Waals surface area contributed by atoms with Gasteiger partial charge in [0.05, 0.1) is 0 Å². The second-order valence-electron chi connectivity index (χ2n) is 1.95. The summed E-state index contributed by atoms with van der Waals surface area (Å²) in [5.41, 5.74) is 0. The fourth-order valence-electron chi connectivity index (χ4n) is 0.483. The van der Waals surface area contributed by atoms with Crippen LogP contribution in [0.25, 0.3) is 0 Å². The fourth-order valence-corrected chi connectivity index (χ4v) is 4.35. The maximum atomic E-state index is 2.42. The van der Waals surface area contributed by atoms with Gasteiger partial charge in [0.15, 0.2) is 0 Å². The molecule has 0 unspecified atom stereocenters. The standard InChI is InChI=1S/C6H16P2/c1-5-7(3)8(4)6-2/h5-6H2,1-4H3/t7-,8-/m0/s1. The van der Waals surface area contributed by atoms with Crippen LogP contribution in [-0.4, -0.2) is 25.7 Å². The first-order chi connectivity index (χ1) is 3.72. The third-order valence-corrected chi connectivity index (χ3v) is 9.69. The summed E-state index contributed by atoms with van der Waals surface area (Å²) in [7, 11) is 0.850. The van der Waals surface area contributed by atoms with Crippen LogP contribution in [0.15, 0.2) is 0 Å². The Morgan fingerprint density at radius 2 is 1.12 bits per heavy atom. The Morgan fingerprint density at radius 1 is 0.875 bits per heavy atom. The summed E-state index contributed by atoms with van der Waals surface area (Å²) in [6, 6.07) is 0. The molecule has 50 valence electrons. The van der Waals surface area contributed by atoms with Crippen molar-refractivity contribution in [1.82, 2.24) is 0 Å². The van der Waals surface area contributed by atoms with E-state index in [0.29, 0.717) is 15.2 Å². The summed E-state index contributed by atoms with van der Waals surface area (Å²) in [6.45, 7) is 9.45. The Hall–Kier alpha value is 0.860. The van der Waals surface area contributed by atoms with E-state index in [4.69, 9.17) is 0 Å². The van der Waals surface area contributed by atoms with E-state index in [1.165, 1.54) is 12.3 Å². The lowest BCUT2D eigenvalue weighted by molar-refractivity contribution is 1.49. The molecule has 0 saturated carbocycles. The minimum absolute atomic E-state index is 0.425. The number of hydrogen-bond acceptors (Lipinski definition) is 0. The molecule has 0 heterocycles. The van der Waals surface area contributed by atoms with Crippen LogP contribution < -0.4 is 0 Å². The molecule has 0 aliphatic heterocycles. The summed E-state index contributed by atoms with van der Waals surface area (Å²) in [4.78, 5) is 0. The molecule has 0 radical (unpaired) electrons. The van der Waals surface area contributed by atoms with E-state index in [2.05, 4.69) is 27.2 Å². The van der Waals surface area contributed by atoms with Gasteiger partial charge in [0.25, 0.3) is 0 Å². The third-order valence-electron chi connectivity index (χ3n) is 1.50. The third kappa shape index (κ3) is 3.00. The molecule has 0 saturated heterocycles. The van der Waals surface area contributed by atoms with Crippen molar-refractivity contribution in [3.05, 3.63) is 0 Å². The first kappa shape index (κ1) is 8.86. The minimum atomic E-state index is 0.425. The second-order valence-corrected chi connectivity index (χ2v) is 9.94. The van der Waals surface area contributed by atoms with E-state index in [1.54, 1.807) is 0 Å². The SMILES string of the molecule is CC[P@](C)[P@@](C)CC. The van der Waals surface area contributed by atoms with Crippen molar-refractivity contribution in [3.8, 4) is 0 Å². The molecule has 8 heavy (non-hydrogen) atoms. The maximum Gasteiger partial charge on any atom is -0.0318 e. The van der Waals surface area contributed by atoms with Crippen molar-refractivity contribution < 1.29 is 0 Å². The van der Waals surface area contributed by atoms with Crippen molar-refractivity contribution in [3.63, 3.8) is 0 Å². The maximum absolute atomic E-state index is 2.42. The topological polar surface area (TPSA) is 0 Å². The summed E-state index contributed by atoms with van der Waals surface area (Å²) < 4.78 is 0. The lowest BCUT2D eigenvalue weighted by Gasteiger charge is -2.16. The molecule has 0 rings (SSSR count). The van der Waals surface area contributed by atoms with Gasteiger partial charge < -0.3 is 0 Å². The molecular weight excluding hydrogens is 134 g/mol. The smallest absolute Gasteiger partial charge is 0.0318 e. The van der Waals surface area contributed by atoms with Crippen LogP contribution in [0.5, 0.6) is 0 Å². The van der Waals surface area contributed by atoms with Crippen LogP contribution in [0, 0.1) is 0 Å². The predicted octanol–water partition coefficient (Wildman–Crippen LogP) is 3.16. The lowest BCUT2D eigenvalue weighted by Crippen LogP contribution is -1.76. The molecule has 0 N–H and O–H groups in total. The summed E-state index contributed by atoms with van der Waals surface area (Å²) in [6.07, 6.45) is 2.84. The molecule has 0 fully saturated rings. The van der Waals surface area contributed by atoms with Gasteiger partial charge in [0, 0.05) is 0 Å². The van der Waals surface area contributed by atoms with Gasteiger partial charge in [-0.25, -0.2) is 0 Å². The van der Waals surface area contributed by atoms with Gasteiger partial charge >= 0.3 is 0 Å². The Balaban J connectivity index is 3.29. The molecule has 2 atom stereocenters. The van der Waals surface area contributed by atoms with Gasteiger partial charge in [-0.15, -0.1) is 0 Å². The summed E-state index contributed by atoms with van der Waals surface area (Å²) in [5, 5.41) is 0. The van der Waals surface area contributed by atoms with E-state index < -0.39 is 0 Å². The molecule has 0 aromatic heterocycles. The van der Waals surface area contributed by atoms with Crippen LogP contribution in [0.3, 0.4) is 0 Å². The minimum Gasteiger partial charge on any atom is -0.0847 e. The molecule has 0 aromatic carbocycles. The van der Waals surface area contributed by atoms with E-state index >= 15 is 0 Å². The van der Waals surface area contributed by atoms with Gasteiger partial charge in [-0.2, -0.15) is 0 Å². The zero-order valence-corrected chi connectivity index (χ0v) is 8.10. The van der Waals surface area contributed by atoms with Crippen molar-refractivity contribution in [1.29, 1.82) is 0 Å². The molecule has 0 aliphatic carbocycles. The van der Waals surface area contributed by atoms with E-state index in [1.807, 2.05) is 0 Å². The van der Waals surface area contributed by atoms with Crippen LogP contribution in [0.1, 0.15) is 13.8 Å². The largest absolute Gasteiger partial charge is 0.0847 e. The van der Waals surface area contributed by atoms with Crippen LogP contribution in [0.4, 0.5) is 0 Å². The first-order valence-electron chi connectivity index (χ1n) is 3.14. The lowest BCUT2D eigenvalue weighted by atomic mass is 11.0. The highest BCUT2D eigenvalue weighted by Gasteiger charge is 2.03. The average molecular weight is 150 g/mol. The summed E-state index contributed by atoms with van der Waals surface area (Å²) in [5.74, 6) is 0. The molecule has 0 nitrogen and oxygen atoms in total. The van der Waals surface area contributed by atoms with Gasteiger partial charge in [-0.05, 0) is 25.7 Å². The summed E-state index contributed by atoms with van der Waals surface area (Å²) >= 11 is 0. The monoisotopic (exact) mass is 150 g/mol. The zero-order chi connectivity index (χ0) is 6.57. The van der Waals surface area contributed by atoms with Crippen molar-refractivity contribution >= 4 is 15.2 Å². The van der Waals surface area contributed by atoms with Gasteiger partial charge in [0.1, 0.15) is 0 Å². The molecule has 0 aliphatic rings. The van der Waals surface area contributed by atoms with E-state index in [-0.39, 0.29) is 0 Å². The molecule has 0 spiro atoms. The highest BCUT2D eigenvalue weighted by Crippen LogP contribution is 2.63. The van der Waals surface area contributed by atoms with Gasteiger partial charge in [0.2, 0.25) is 0 Å². The van der Waals surface area contributed by atoms with Gasteiger partial charge in [-0.1, -0.05) is 29.1 Å². The van der Waals surface area contributed by atoms with Gasteiger partial charge in [-0.3, -0.25) is 0 Å². The van der Waals surface area contributed by atoms with Crippen molar-refractivity contribution in [2.75, 3.05) is 25.7 Å². The average Bonchev–Trinajstić information content (AvgIpc) is 1.84. The fraction of sp³-hybridized carbons (Fsp3) is 1.00.